The molecule has 0 saturated heterocycles. The first-order valence-corrected chi connectivity index (χ1v) is 12.0. The van der Waals surface area contributed by atoms with E-state index >= 15 is 0 Å². The topological polar surface area (TPSA) is 93.1 Å². The maximum absolute atomic E-state index is 13.4. The van der Waals surface area contributed by atoms with Crippen LogP contribution >= 0.6 is 0 Å². The minimum atomic E-state index is -0.257. The maximum atomic E-state index is 13.4. The van der Waals surface area contributed by atoms with Crippen molar-refractivity contribution in [2.45, 2.75) is 6.42 Å². The van der Waals surface area contributed by atoms with E-state index in [4.69, 9.17) is 28.8 Å². The fraction of sp³-hybridized carbons (Fsp3) is 0.241. The summed E-state index contributed by atoms with van der Waals surface area (Å²) in [5.74, 6) is 3.00. The molecule has 4 aromatic rings. The van der Waals surface area contributed by atoms with Gasteiger partial charge >= 0.3 is 0 Å². The van der Waals surface area contributed by atoms with Crippen LogP contribution in [0.15, 0.2) is 66.7 Å². The minimum absolute atomic E-state index is 0.257. The average molecular weight is 518 g/mol. The Morgan fingerprint density at radius 1 is 0.737 bits per heavy atom. The van der Waals surface area contributed by atoms with Crippen LogP contribution in [0.5, 0.6) is 28.7 Å². The number of rotatable bonds is 11. The van der Waals surface area contributed by atoms with Crippen molar-refractivity contribution in [1.29, 1.82) is 0 Å². The minimum Gasteiger partial charge on any atom is -0.497 e. The number of nitrogens with one attached hydrogen (secondary N) is 1. The Hall–Kier alpha value is -4.66. The standard InChI is InChI=1S/C29H31N3O6/c1-34-21-9-7-20(8-10-21)32-25(18-24(31-32)23-12-11-22(35-2)17-27(23)37-4)29(33)30-15-14-19-6-13-26(36-3)28(16-19)38-5/h6-13,16-18H,14-15H2,1-5H3,(H,30,33). The van der Waals surface area contributed by atoms with Crippen molar-refractivity contribution in [3.8, 4) is 45.7 Å². The Kier molecular flexibility index (Phi) is 8.37. The molecule has 0 atom stereocenters. The number of amides is 1. The SMILES string of the molecule is COc1ccc(-n2nc(-c3ccc(OC)cc3OC)cc2C(=O)NCCc2ccc(OC)c(OC)c2)cc1. The third kappa shape index (κ3) is 5.67. The van der Waals surface area contributed by atoms with Gasteiger partial charge < -0.3 is 29.0 Å². The summed E-state index contributed by atoms with van der Waals surface area (Å²) in [5, 5.41) is 7.77. The molecule has 0 radical (unpaired) electrons. The van der Waals surface area contributed by atoms with Crippen molar-refractivity contribution in [2.24, 2.45) is 0 Å². The average Bonchev–Trinajstić information content (AvgIpc) is 3.42. The molecular weight excluding hydrogens is 486 g/mol. The van der Waals surface area contributed by atoms with Gasteiger partial charge in [-0.15, -0.1) is 0 Å². The van der Waals surface area contributed by atoms with Crippen molar-refractivity contribution in [2.75, 3.05) is 42.1 Å². The van der Waals surface area contributed by atoms with Crippen molar-refractivity contribution in [1.82, 2.24) is 15.1 Å². The fourth-order valence-corrected chi connectivity index (χ4v) is 4.05. The van der Waals surface area contributed by atoms with Crippen LogP contribution in [0, 0.1) is 0 Å². The summed E-state index contributed by atoms with van der Waals surface area (Å²) < 4.78 is 28.5. The monoisotopic (exact) mass is 517 g/mol. The normalized spacial score (nSPS) is 10.6. The first kappa shape index (κ1) is 26.4. The molecule has 9 heteroatoms. The molecule has 1 N–H and O–H groups in total. The molecule has 0 aliphatic rings. The van der Waals surface area contributed by atoms with Gasteiger partial charge in [-0.05, 0) is 66.6 Å². The summed E-state index contributed by atoms with van der Waals surface area (Å²) >= 11 is 0. The van der Waals surface area contributed by atoms with Crippen molar-refractivity contribution in [3.05, 3.63) is 78.0 Å². The maximum Gasteiger partial charge on any atom is 0.270 e. The zero-order valence-corrected chi connectivity index (χ0v) is 22.1. The summed E-state index contributed by atoms with van der Waals surface area (Å²) in [5.41, 5.74) is 3.44. The number of benzene rings is 3. The van der Waals surface area contributed by atoms with Crippen molar-refractivity contribution < 1.29 is 28.5 Å². The molecule has 0 unspecified atom stereocenters. The highest BCUT2D eigenvalue weighted by atomic mass is 16.5. The molecule has 38 heavy (non-hydrogen) atoms. The van der Waals surface area contributed by atoms with E-state index in [9.17, 15) is 4.79 Å². The van der Waals surface area contributed by atoms with Gasteiger partial charge in [-0.2, -0.15) is 5.10 Å². The number of hydrogen-bond donors (Lipinski definition) is 1. The zero-order chi connectivity index (χ0) is 27.1. The lowest BCUT2D eigenvalue weighted by Crippen LogP contribution is -2.27. The molecular formula is C29H31N3O6. The van der Waals surface area contributed by atoms with E-state index in [0.717, 1.165) is 16.8 Å². The molecule has 0 bridgehead atoms. The van der Waals surface area contributed by atoms with Gasteiger partial charge in [0.1, 0.15) is 22.9 Å². The first-order chi connectivity index (χ1) is 18.5. The van der Waals surface area contributed by atoms with Gasteiger partial charge in [0.15, 0.2) is 11.5 Å². The Labute approximate surface area is 221 Å². The van der Waals surface area contributed by atoms with E-state index in [1.807, 2.05) is 54.6 Å². The molecule has 3 aromatic carbocycles. The second-order valence-corrected chi connectivity index (χ2v) is 8.29. The van der Waals surface area contributed by atoms with Gasteiger partial charge in [-0.1, -0.05) is 6.07 Å². The second-order valence-electron chi connectivity index (χ2n) is 8.29. The lowest BCUT2D eigenvalue weighted by Gasteiger charge is -2.11. The molecule has 1 heterocycles. The lowest BCUT2D eigenvalue weighted by atomic mass is 10.1. The van der Waals surface area contributed by atoms with E-state index in [2.05, 4.69) is 5.32 Å². The Bertz CT molecular complexity index is 1400. The molecule has 9 nitrogen and oxygen atoms in total. The summed E-state index contributed by atoms with van der Waals surface area (Å²) in [4.78, 5) is 13.4. The van der Waals surface area contributed by atoms with Crippen LogP contribution < -0.4 is 29.0 Å². The third-order valence-corrected chi connectivity index (χ3v) is 6.09. The van der Waals surface area contributed by atoms with Gasteiger partial charge in [0.25, 0.3) is 5.91 Å². The van der Waals surface area contributed by atoms with Crippen molar-refractivity contribution in [3.63, 3.8) is 0 Å². The van der Waals surface area contributed by atoms with Crippen LogP contribution in [0.2, 0.25) is 0 Å². The van der Waals surface area contributed by atoms with Crippen LogP contribution in [0.3, 0.4) is 0 Å². The molecule has 0 spiro atoms. The van der Waals surface area contributed by atoms with Crippen molar-refractivity contribution >= 4 is 5.91 Å². The molecule has 0 aliphatic heterocycles. The van der Waals surface area contributed by atoms with E-state index in [0.29, 0.717) is 53.1 Å². The second kappa shape index (κ2) is 12.1. The lowest BCUT2D eigenvalue weighted by molar-refractivity contribution is 0.0946. The highest BCUT2D eigenvalue weighted by molar-refractivity contribution is 5.94. The molecule has 1 aromatic heterocycles. The molecule has 4 rings (SSSR count). The van der Waals surface area contributed by atoms with Crippen LogP contribution in [0.25, 0.3) is 16.9 Å². The highest BCUT2D eigenvalue weighted by Crippen LogP contribution is 2.34. The van der Waals surface area contributed by atoms with Crippen LogP contribution in [-0.4, -0.2) is 57.8 Å². The third-order valence-electron chi connectivity index (χ3n) is 6.09. The quantitative estimate of drug-likeness (QED) is 0.312. The number of nitrogens with zero attached hydrogens (tertiary/aromatic N) is 2. The summed E-state index contributed by atoms with van der Waals surface area (Å²) in [6.07, 6.45) is 0.613. The van der Waals surface area contributed by atoms with E-state index in [-0.39, 0.29) is 5.91 Å². The van der Waals surface area contributed by atoms with Crippen LogP contribution in [0.1, 0.15) is 16.1 Å². The van der Waals surface area contributed by atoms with E-state index < -0.39 is 0 Å². The van der Waals surface area contributed by atoms with Gasteiger partial charge in [0, 0.05) is 18.2 Å². The number of ether oxygens (including phenoxy) is 5. The summed E-state index contributed by atoms with van der Waals surface area (Å²) in [7, 11) is 7.98. The molecule has 1 amide bonds. The Morgan fingerprint density at radius 3 is 2.08 bits per heavy atom. The number of methoxy groups -OCH3 is 5. The van der Waals surface area contributed by atoms with Gasteiger partial charge in [0.2, 0.25) is 0 Å². The predicted molar refractivity (Wildman–Crippen MR) is 144 cm³/mol. The Morgan fingerprint density at radius 2 is 1.42 bits per heavy atom. The Balaban J connectivity index is 1.62. The predicted octanol–water partition coefficient (Wildman–Crippen LogP) is 4.55. The summed E-state index contributed by atoms with van der Waals surface area (Å²) in [6.45, 7) is 0.420. The molecule has 0 saturated carbocycles. The highest BCUT2D eigenvalue weighted by Gasteiger charge is 2.20. The van der Waals surface area contributed by atoms with Gasteiger partial charge in [-0.3, -0.25) is 4.79 Å². The number of hydrogen-bond acceptors (Lipinski definition) is 7. The number of carbonyl (C=O) groups is 1. The number of carbonyl (C=O) groups excluding carboxylic acids is 1. The van der Waals surface area contributed by atoms with E-state index in [1.54, 1.807) is 52.4 Å². The fourth-order valence-electron chi connectivity index (χ4n) is 4.05. The molecule has 198 valence electrons. The smallest absolute Gasteiger partial charge is 0.270 e. The summed E-state index contributed by atoms with van der Waals surface area (Å²) in [6, 6.07) is 20.3. The first-order valence-electron chi connectivity index (χ1n) is 12.0. The largest absolute Gasteiger partial charge is 0.497 e. The number of aromatic nitrogens is 2. The molecule has 0 fully saturated rings. The molecule has 0 aliphatic carbocycles. The van der Waals surface area contributed by atoms with Crippen LogP contribution in [0.4, 0.5) is 0 Å². The van der Waals surface area contributed by atoms with Gasteiger partial charge in [0.05, 0.1) is 46.9 Å². The zero-order valence-electron chi connectivity index (χ0n) is 22.1. The van der Waals surface area contributed by atoms with E-state index in [1.165, 1.54) is 0 Å². The van der Waals surface area contributed by atoms with Crippen LogP contribution in [-0.2, 0) is 6.42 Å². The van der Waals surface area contributed by atoms with Gasteiger partial charge in [-0.25, -0.2) is 4.68 Å².